The standard InChI is InChI=1S/C17H22INO3/c1-11-6-4-7-12(2)19(11)16(20)13(3)22-17(21)14-8-5-9-15(18)10-14/h5,8-13H,4,6-7H2,1-3H3/t11-,12-,13+/m0/s1. The first-order chi connectivity index (χ1) is 10.4. The van der Waals surface area contributed by atoms with E-state index in [4.69, 9.17) is 4.74 Å². The number of likely N-dealkylation sites (tertiary alicyclic amines) is 1. The number of rotatable bonds is 3. The van der Waals surface area contributed by atoms with Gasteiger partial charge in [-0.2, -0.15) is 0 Å². The molecule has 0 N–H and O–H groups in total. The van der Waals surface area contributed by atoms with Crippen molar-refractivity contribution in [3.8, 4) is 0 Å². The minimum Gasteiger partial charge on any atom is -0.449 e. The summed E-state index contributed by atoms with van der Waals surface area (Å²) >= 11 is 2.14. The zero-order valence-corrected chi connectivity index (χ0v) is 15.4. The summed E-state index contributed by atoms with van der Waals surface area (Å²) in [5.74, 6) is -0.546. The summed E-state index contributed by atoms with van der Waals surface area (Å²) in [5.41, 5.74) is 0.478. The van der Waals surface area contributed by atoms with E-state index in [2.05, 4.69) is 36.4 Å². The van der Waals surface area contributed by atoms with Gasteiger partial charge in [0.2, 0.25) is 0 Å². The van der Waals surface area contributed by atoms with Crippen LogP contribution in [0.15, 0.2) is 24.3 Å². The molecule has 1 aliphatic rings. The van der Waals surface area contributed by atoms with Crippen LogP contribution in [-0.2, 0) is 9.53 Å². The number of amides is 1. The van der Waals surface area contributed by atoms with Crippen LogP contribution in [-0.4, -0.2) is 35.0 Å². The fourth-order valence-electron chi connectivity index (χ4n) is 2.96. The van der Waals surface area contributed by atoms with Crippen LogP contribution in [0.2, 0.25) is 0 Å². The van der Waals surface area contributed by atoms with Crippen LogP contribution < -0.4 is 0 Å². The minimum atomic E-state index is -0.756. The van der Waals surface area contributed by atoms with E-state index in [1.807, 2.05) is 11.0 Å². The van der Waals surface area contributed by atoms with E-state index in [0.29, 0.717) is 5.56 Å². The number of ether oxygens (including phenoxy) is 1. The number of hydrogen-bond acceptors (Lipinski definition) is 3. The third kappa shape index (κ3) is 4.00. The number of hydrogen-bond donors (Lipinski definition) is 0. The lowest BCUT2D eigenvalue weighted by atomic mass is 9.97. The summed E-state index contributed by atoms with van der Waals surface area (Å²) in [7, 11) is 0. The maximum absolute atomic E-state index is 12.6. The van der Waals surface area contributed by atoms with Crippen LogP contribution >= 0.6 is 22.6 Å². The second kappa shape index (κ2) is 7.44. The molecule has 0 radical (unpaired) electrons. The summed E-state index contributed by atoms with van der Waals surface area (Å²) in [4.78, 5) is 26.6. The maximum Gasteiger partial charge on any atom is 0.338 e. The van der Waals surface area contributed by atoms with Gasteiger partial charge in [0.15, 0.2) is 6.10 Å². The highest BCUT2D eigenvalue weighted by atomic mass is 127. The largest absolute Gasteiger partial charge is 0.449 e. The highest BCUT2D eigenvalue weighted by Gasteiger charge is 2.33. The van der Waals surface area contributed by atoms with Crippen LogP contribution in [0.1, 0.15) is 50.4 Å². The number of piperidine rings is 1. The molecule has 0 saturated carbocycles. The molecular weight excluding hydrogens is 393 g/mol. The molecule has 1 aliphatic heterocycles. The normalized spacial score (nSPS) is 23.0. The monoisotopic (exact) mass is 415 g/mol. The molecule has 5 heteroatoms. The Labute approximate surface area is 145 Å². The summed E-state index contributed by atoms with van der Waals surface area (Å²) in [5, 5.41) is 0. The molecule has 1 amide bonds. The Hall–Kier alpha value is -1.11. The Kier molecular flexibility index (Phi) is 5.83. The van der Waals surface area contributed by atoms with Crippen LogP contribution in [0.3, 0.4) is 0 Å². The van der Waals surface area contributed by atoms with Gasteiger partial charge in [0.05, 0.1) is 5.56 Å². The van der Waals surface area contributed by atoms with Gasteiger partial charge in [-0.25, -0.2) is 4.79 Å². The molecule has 1 aromatic rings. The SMILES string of the molecule is C[C@@H](OC(=O)c1cccc(I)c1)C(=O)N1[C@@H](C)CCC[C@@H]1C. The molecule has 1 saturated heterocycles. The first kappa shape index (κ1) is 17.2. The van der Waals surface area contributed by atoms with Gasteiger partial charge in [0.25, 0.3) is 5.91 Å². The first-order valence-electron chi connectivity index (χ1n) is 7.69. The molecule has 1 aromatic carbocycles. The van der Waals surface area contributed by atoms with E-state index in [1.54, 1.807) is 25.1 Å². The molecule has 1 heterocycles. The van der Waals surface area contributed by atoms with Crippen LogP contribution in [0, 0.1) is 3.57 Å². The summed E-state index contributed by atoms with van der Waals surface area (Å²) in [6.45, 7) is 5.77. The highest BCUT2D eigenvalue weighted by molar-refractivity contribution is 14.1. The van der Waals surface area contributed by atoms with Crippen molar-refractivity contribution in [3.05, 3.63) is 33.4 Å². The molecule has 2 rings (SSSR count). The Bertz CT molecular complexity index is 551. The van der Waals surface area contributed by atoms with E-state index in [-0.39, 0.29) is 18.0 Å². The number of nitrogens with zero attached hydrogens (tertiary/aromatic N) is 1. The zero-order chi connectivity index (χ0) is 16.3. The molecule has 3 atom stereocenters. The fraction of sp³-hybridized carbons (Fsp3) is 0.529. The average molecular weight is 415 g/mol. The van der Waals surface area contributed by atoms with Crippen molar-refractivity contribution in [1.82, 2.24) is 4.90 Å². The third-order valence-corrected chi connectivity index (χ3v) is 4.81. The minimum absolute atomic E-state index is 0.0984. The molecule has 0 aromatic heterocycles. The molecule has 22 heavy (non-hydrogen) atoms. The zero-order valence-electron chi connectivity index (χ0n) is 13.2. The lowest BCUT2D eigenvalue weighted by molar-refractivity contribution is -0.146. The number of carbonyl (C=O) groups is 2. The quantitative estimate of drug-likeness (QED) is 0.560. The third-order valence-electron chi connectivity index (χ3n) is 4.14. The van der Waals surface area contributed by atoms with Gasteiger partial charge in [0, 0.05) is 15.7 Å². The average Bonchev–Trinajstić information content (AvgIpc) is 2.46. The predicted molar refractivity (Wildman–Crippen MR) is 93.7 cm³/mol. The van der Waals surface area contributed by atoms with Gasteiger partial charge in [-0.15, -0.1) is 0 Å². The van der Waals surface area contributed by atoms with E-state index >= 15 is 0 Å². The van der Waals surface area contributed by atoms with Crippen molar-refractivity contribution in [3.63, 3.8) is 0 Å². The van der Waals surface area contributed by atoms with Crippen LogP contribution in [0.4, 0.5) is 0 Å². The van der Waals surface area contributed by atoms with E-state index in [0.717, 1.165) is 22.8 Å². The Morgan fingerprint density at radius 3 is 2.50 bits per heavy atom. The molecule has 0 spiro atoms. The molecular formula is C17H22INO3. The molecule has 0 unspecified atom stereocenters. The summed E-state index contributed by atoms with van der Waals surface area (Å²) in [6.07, 6.45) is 2.40. The van der Waals surface area contributed by atoms with Gasteiger partial charge < -0.3 is 9.64 Å². The molecule has 0 aliphatic carbocycles. The van der Waals surface area contributed by atoms with Gasteiger partial charge in [-0.05, 0) is 80.8 Å². The Balaban J connectivity index is 2.03. The van der Waals surface area contributed by atoms with Gasteiger partial charge >= 0.3 is 5.97 Å². The van der Waals surface area contributed by atoms with Crippen molar-refractivity contribution in [2.75, 3.05) is 0 Å². The smallest absolute Gasteiger partial charge is 0.338 e. The lowest BCUT2D eigenvalue weighted by Crippen LogP contribution is -2.51. The van der Waals surface area contributed by atoms with Crippen molar-refractivity contribution < 1.29 is 14.3 Å². The van der Waals surface area contributed by atoms with E-state index in [9.17, 15) is 9.59 Å². The van der Waals surface area contributed by atoms with Crippen molar-refractivity contribution in [2.24, 2.45) is 0 Å². The molecule has 0 bridgehead atoms. The van der Waals surface area contributed by atoms with Crippen LogP contribution in [0.25, 0.3) is 0 Å². The number of benzene rings is 1. The summed E-state index contributed by atoms with van der Waals surface area (Å²) < 4.78 is 6.33. The second-order valence-corrected chi connectivity index (χ2v) is 7.18. The number of carbonyl (C=O) groups excluding carboxylic acids is 2. The topological polar surface area (TPSA) is 46.6 Å². The molecule has 4 nitrogen and oxygen atoms in total. The number of esters is 1. The predicted octanol–water partition coefficient (Wildman–Crippen LogP) is 3.63. The molecule has 120 valence electrons. The maximum atomic E-state index is 12.6. The van der Waals surface area contributed by atoms with Gasteiger partial charge in [-0.1, -0.05) is 6.07 Å². The second-order valence-electron chi connectivity index (χ2n) is 5.93. The van der Waals surface area contributed by atoms with E-state index < -0.39 is 12.1 Å². The Morgan fingerprint density at radius 1 is 1.27 bits per heavy atom. The van der Waals surface area contributed by atoms with Crippen LogP contribution in [0.5, 0.6) is 0 Å². The van der Waals surface area contributed by atoms with Gasteiger partial charge in [-0.3, -0.25) is 4.79 Å². The Morgan fingerprint density at radius 2 is 1.91 bits per heavy atom. The van der Waals surface area contributed by atoms with E-state index in [1.165, 1.54) is 0 Å². The fourth-order valence-corrected chi connectivity index (χ4v) is 3.50. The molecule has 1 fully saturated rings. The van der Waals surface area contributed by atoms with Crippen molar-refractivity contribution >= 4 is 34.5 Å². The van der Waals surface area contributed by atoms with Crippen molar-refractivity contribution in [1.29, 1.82) is 0 Å². The summed E-state index contributed by atoms with van der Waals surface area (Å²) in [6, 6.07) is 7.58. The lowest BCUT2D eigenvalue weighted by Gasteiger charge is -2.40. The van der Waals surface area contributed by atoms with Gasteiger partial charge in [0.1, 0.15) is 0 Å². The number of halogens is 1. The highest BCUT2D eigenvalue weighted by Crippen LogP contribution is 2.24. The first-order valence-corrected chi connectivity index (χ1v) is 8.76. The van der Waals surface area contributed by atoms with Crippen molar-refractivity contribution in [2.45, 2.75) is 58.2 Å².